The smallest absolute Gasteiger partial charge is 0.191 e. The van der Waals surface area contributed by atoms with Crippen molar-refractivity contribution in [1.29, 1.82) is 0 Å². The lowest BCUT2D eigenvalue weighted by molar-refractivity contribution is 0.251. The molecular weight excluding hydrogens is 317 g/mol. The molecule has 0 aliphatic carbocycles. The molecule has 0 heterocycles. The minimum Gasteiger partial charge on any atom is -0.396 e. The molecular formula is C20H34FN3O. The van der Waals surface area contributed by atoms with Crippen LogP contribution in [0.3, 0.4) is 0 Å². The predicted molar refractivity (Wildman–Crippen MR) is 104 cm³/mol. The number of benzene rings is 1. The lowest BCUT2D eigenvalue weighted by atomic mass is 9.84. The molecule has 0 saturated heterocycles. The normalized spacial score (nSPS) is 13.6. The van der Waals surface area contributed by atoms with E-state index in [-0.39, 0.29) is 17.8 Å². The SMILES string of the molecule is CCCC(CCO)CNC(=NCC(C)(C)c1ccccc1F)NCC. The van der Waals surface area contributed by atoms with Crippen LogP contribution in [0.15, 0.2) is 29.3 Å². The molecule has 1 aromatic carbocycles. The van der Waals surface area contributed by atoms with Crippen molar-refractivity contribution in [2.75, 3.05) is 26.2 Å². The monoisotopic (exact) mass is 351 g/mol. The second kappa shape index (κ2) is 11.1. The molecule has 0 radical (unpaired) electrons. The van der Waals surface area contributed by atoms with Crippen LogP contribution in [0.1, 0.15) is 52.5 Å². The van der Waals surface area contributed by atoms with Gasteiger partial charge in [0.05, 0.1) is 6.54 Å². The summed E-state index contributed by atoms with van der Waals surface area (Å²) in [5, 5.41) is 15.8. The minimum absolute atomic E-state index is 0.188. The fraction of sp³-hybridized carbons (Fsp3) is 0.650. The van der Waals surface area contributed by atoms with E-state index in [9.17, 15) is 9.50 Å². The Balaban J connectivity index is 2.75. The Hall–Kier alpha value is -1.62. The zero-order valence-electron chi connectivity index (χ0n) is 16.1. The van der Waals surface area contributed by atoms with E-state index in [1.807, 2.05) is 32.9 Å². The Morgan fingerprint density at radius 1 is 1.20 bits per heavy atom. The van der Waals surface area contributed by atoms with Crippen molar-refractivity contribution in [1.82, 2.24) is 10.6 Å². The molecule has 0 bridgehead atoms. The van der Waals surface area contributed by atoms with Gasteiger partial charge in [-0.15, -0.1) is 0 Å². The highest BCUT2D eigenvalue weighted by molar-refractivity contribution is 5.79. The largest absolute Gasteiger partial charge is 0.396 e. The molecule has 5 heteroatoms. The van der Waals surface area contributed by atoms with Crippen molar-refractivity contribution in [3.63, 3.8) is 0 Å². The summed E-state index contributed by atoms with van der Waals surface area (Å²) in [7, 11) is 0. The Bertz CT molecular complexity index is 525. The van der Waals surface area contributed by atoms with Gasteiger partial charge in [0.15, 0.2) is 5.96 Å². The first-order chi connectivity index (χ1) is 11.9. The molecule has 0 amide bonds. The van der Waals surface area contributed by atoms with E-state index >= 15 is 0 Å². The number of nitrogens with zero attached hydrogens (tertiary/aromatic N) is 1. The summed E-state index contributed by atoms with van der Waals surface area (Å²) < 4.78 is 14.1. The Kier molecular flexibility index (Phi) is 9.50. The topological polar surface area (TPSA) is 56.6 Å². The van der Waals surface area contributed by atoms with Crippen LogP contribution in [0, 0.1) is 11.7 Å². The number of guanidine groups is 1. The molecule has 1 aromatic rings. The third-order valence-electron chi connectivity index (χ3n) is 4.37. The molecule has 142 valence electrons. The fourth-order valence-electron chi connectivity index (χ4n) is 2.89. The van der Waals surface area contributed by atoms with Gasteiger partial charge >= 0.3 is 0 Å². The standard InChI is InChI=1S/C20H34FN3O/c1-5-9-16(12-13-25)14-23-19(22-6-2)24-15-20(3,4)17-10-7-8-11-18(17)21/h7-8,10-11,16,25H,5-6,9,12-15H2,1-4H3,(H2,22,23,24). The molecule has 1 rings (SSSR count). The molecule has 0 saturated carbocycles. The van der Waals surface area contributed by atoms with Gasteiger partial charge in [0.25, 0.3) is 0 Å². The summed E-state index contributed by atoms with van der Waals surface area (Å²) in [6.07, 6.45) is 2.97. The number of aliphatic imine (C=N–C) groups is 1. The van der Waals surface area contributed by atoms with E-state index in [0.717, 1.165) is 38.3 Å². The minimum atomic E-state index is -0.387. The van der Waals surface area contributed by atoms with Crippen molar-refractivity contribution in [2.24, 2.45) is 10.9 Å². The van der Waals surface area contributed by atoms with E-state index in [4.69, 9.17) is 0 Å². The van der Waals surface area contributed by atoms with Crippen molar-refractivity contribution in [2.45, 2.75) is 52.4 Å². The van der Waals surface area contributed by atoms with E-state index < -0.39 is 0 Å². The maximum Gasteiger partial charge on any atom is 0.191 e. The van der Waals surface area contributed by atoms with Crippen LogP contribution >= 0.6 is 0 Å². The molecule has 4 nitrogen and oxygen atoms in total. The first-order valence-corrected chi connectivity index (χ1v) is 9.32. The van der Waals surface area contributed by atoms with Gasteiger partial charge in [-0.3, -0.25) is 4.99 Å². The molecule has 0 aliphatic heterocycles. The highest BCUT2D eigenvalue weighted by atomic mass is 19.1. The van der Waals surface area contributed by atoms with Crippen LogP contribution in [-0.2, 0) is 5.41 Å². The zero-order chi connectivity index (χ0) is 18.7. The van der Waals surface area contributed by atoms with Gasteiger partial charge in [-0.1, -0.05) is 45.4 Å². The van der Waals surface area contributed by atoms with Crippen LogP contribution in [-0.4, -0.2) is 37.3 Å². The zero-order valence-corrected chi connectivity index (χ0v) is 16.1. The molecule has 3 N–H and O–H groups in total. The summed E-state index contributed by atoms with van der Waals surface area (Å²) in [6.45, 7) is 10.4. The Morgan fingerprint density at radius 3 is 2.52 bits per heavy atom. The van der Waals surface area contributed by atoms with Crippen molar-refractivity contribution < 1.29 is 9.50 Å². The summed E-state index contributed by atoms with van der Waals surface area (Å²) in [6, 6.07) is 6.88. The van der Waals surface area contributed by atoms with Crippen LogP contribution in [0.25, 0.3) is 0 Å². The second-order valence-corrected chi connectivity index (χ2v) is 7.11. The predicted octanol–water partition coefficient (Wildman–Crippen LogP) is 3.46. The molecule has 0 fully saturated rings. The summed E-state index contributed by atoms with van der Waals surface area (Å²) in [4.78, 5) is 4.66. The lowest BCUT2D eigenvalue weighted by Crippen LogP contribution is -2.41. The number of hydrogen-bond donors (Lipinski definition) is 3. The van der Waals surface area contributed by atoms with Gasteiger partial charge in [0, 0.05) is 25.1 Å². The van der Waals surface area contributed by atoms with Gasteiger partial charge in [-0.05, 0) is 37.3 Å². The summed E-state index contributed by atoms with van der Waals surface area (Å²) >= 11 is 0. The second-order valence-electron chi connectivity index (χ2n) is 7.11. The van der Waals surface area contributed by atoms with Crippen LogP contribution in [0.2, 0.25) is 0 Å². The number of aliphatic hydroxyl groups excluding tert-OH is 1. The van der Waals surface area contributed by atoms with Crippen LogP contribution in [0.5, 0.6) is 0 Å². The van der Waals surface area contributed by atoms with Crippen molar-refractivity contribution >= 4 is 5.96 Å². The number of aliphatic hydroxyl groups is 1. The number of rotatable bonds is 10. The first-order valence-electron chi connectivity index (χ1n) is 9.32. The van der Waals surface area contributed by atoms with Gasteiger partial charge in [-0.25, -0.2) is 4.39 Å². The molecule has 1 atom stereocenters. The summed E-state index contributed by atoms with van der Waals surface area (Å²) in [5.74, 6) is 0.982. The van der Waals surface area contributed by atoms with Gasteiger partial charge < -0.3 is 15.7 Å². The number of nitrogens with one attached hydrogen (secondary N) is 2. The maximum absolute atomic E-state index is 14.1. The highest BCUT2D eigenvalue weighted by Gasteiger charge is 2.23. The van der Waals surface area contributed by atoms with Crippen LogP contribution in [0.4, 0.5) is 4.39 Å². The van der Waals surface area contributed by atoms with Gasteiger partial charge in [-0.2, -0.15) is 0 Å². The molecule has 0 spiro atoms. The summed E-state index contributed by atoms with van der Waals surface area (Å²) in [5.41, 5.74) is 0.292. The first kappa shape index (κ1) is 21.4. The number of hydrogen-bond acceptors (Lipinski definition) is 2. The Labute approximate surface area is 151 Å². The molecule has 0 aliphatic rings. The third-order valence-corrected chi connectivity index (χ3v) is 4.37. The Morgan fingerprint density at radius 2 is 1.92 bits per heavy atom. The maximum atomic E-state index is 14.1. The highest BCUT2D eigenvalue weighted by Crippen LogP contribution is 2.25. The van der Waals surface area contributed by atoms with Crippen molar-refractivity contribution in [3.05, 3.63) is 35.6 Å². The lowest BCUT2D eigenvalue weighted by Gasteiger charge is -2.25. The van der Waals surface area contributed by atoms with E-state index in [1.165, 1.54) is 6.07 Å². The fourth-order valence-corrected chi connectivity index (χ4v) is 2.89. The molecule has 0 aromatic heterocycles. The van der Waals surface area contributed by atoms with E-state index in [0.29, 0.717) is 18.0 Å². The molecule has 1 unspecified atom stereocenters. The quantitative estimate of drug-likeness (QED) is 0.447. The number of halogens is 1. The van der Waals surface area contributed by atoms with Crippen molar-refractivity contribution in [3.8, 4) is 0 Å². The van der Waals surface area contributed by atoms with E-state index in [2.05, 4.69) is 22.5 Å². The average molecular weight is 352 g/mol. The van der Waals surface area contributed by atoms with E-state index in [1.54, 1.807) is 6.07 Å². The van der Waals surface area contributed by atoms with Gasteiger partial charge in [0.2, 0.25) is 0 Å². The van der Waals surface area contributed by atoms with Gasteiger partial charge in [0.1, 0.15) is 5.82 Å². The van der Waals surface area contributed by atoms with Crippen LogP contribution < -0.4 is 10.6 Å². The molecule has 25 heavy (non-hydrogen) atoms. The third kappa shape index (κ3) is 7.43. The average Bonchev–Trinajstić information content (AvgIpc) is 2.58.